The van der Waals surface area contributed by atoms with Crippen molar-refractivity contribution in [2.24, 2.45) is 0 Å². The second kappa shape index (κ2) is 8.25. The predicted molar refractivity (Wildman–Crippen MR) is 88.4 cm³/mol. The van der Waals surface area contributed by atoms with Gasteiger partial charge in [0.1, 0.15) is 11.5 Å². The molecule has 132 valence electrons. The summed E-state index contributed by atoms with van der Waals surface area (Å²) in [5, 5.41) is 0. The highest BCUT2D eigenvalue weighted by Gasteiger charge is 2.28. The summed E-state index contributed by atoms with van der Waals surface area (Å²) in [5.41, 5.74) is 0. The maximum atomic E-state index is 12.4. The average Bonchev–Trinajstić information content (AvgIpc) is 2.95. The highest BCUT2D eigenvalue weighted by atomic mass is 32.2. The Labute approximate surface area is 138 Å². The van der Waals surface area contributed by atoms with E-state index in [1.54, 1.807) is 0 Å². The quantitative estimate of drug-likeness (QED) is 0.765. The van der Waals surface area contributed by atoms with E-state index >= 15 is 0 Å². The van der Waals surface area contributed by atoms with Crippen LogP contribution in [0.3, 0.4) is 0 Å². The van der Waals surface area contributed by atoms with Crippen molar-refractivity contribution in [3.8, 4) is 0 Å². The Balaban J connectivity index is 2.11. The van der Waals surface area contributed by atoms with Crippen LogP contribution < -0.4 is 4.72 Å². The summed E-state index contributed by atoms with van der Waals surface area (Å²) in [6.07, 6.45) is 0. The van der Waals surface area contributed by atoms with E-state index < -0.39 is 10.2 Å². The molecule has 1 atom stereocenters. The number of nitrogens with zero attached hydrogens (tertiary/aromatic N) is 2. The number of ether oxygens (including phenoxy) is 1. The van der Waals surface area contributed by atoms with Gasteiger partial charge < -0.3 is 9.15 Å². The van der Waals surface area contributed by atoms with Gasteiger partial charge in [-0.05, 0) is 19.1 Å². The lowest BCUT2D eigenvalue weighted by Gasteiger charge is -2.33. The van der Waals surface area contributed by atoms with Crippen molar-refractivity contribution in [2.75, 3.05) is 45.9 Å². The van der Waals surface area contributed by atoms with Crippen LogP contribution in [-0.4, -0.2) is 63.6 Å². The van der Waals surface area contributed by atoms with Gasteiger partial charge in [-0.15, -0.1) is 0 Å². The smallest absolute Gasteiger partial charge is 0.279 e. The first-order valence-corrected chi connectivity index (χ1v) is 9.54. The molecule has 0 bridgehead atoms. The lowest BCUT2D eigenvalue weighted by molar-refractivity contribution is 0.0126. The van der Waals surface area contributed by atoms with Crippen molar-refractivity contribution in [2.45, 2.75) is 26.8 Å². The summed E-state index contributed by atoms with van der Waals surface area (Å²) in [4.78, 5) is 2.20. The van der Waals surface area contributed by atoms with Crippen LogP contribution in [0.4, 0.5) is 0 Å². The Morgan fingerprint density at radius 1 is 1.26 bits per heavy atom. The molecule has 1 aliphatic rings. The summed E-state index contributed by atoms with van der Waals surface area (Å²) in [7, 11) is -3.47. The van der Waals surface area contributed by atoms with Crippen molar-refractivity contribution in [3.63, 3.8) is 0 Å². The molecular formula is C15H27N3O4S. The van der Waals surface area contributed by atoms with Crippen LogP contribution in [0.1, 0.15) is 31.4 Å². The summed E-state index contributed by atoms with van der Waals surface area (Å²) in [6.45, 7) is 9.57. The molecule has 0 unspecified atom stereocenters. The molecule has 2 rings (SSSR count). The summed E-state index contributed by atoms with van der Waals surface area (Å²) in [6, 6.07) is 3.70. The number of aryl methyl sites for hydroxylation is 1. The number of rotatable bonds is 8. The van der Waals surface area contributed by atoms with Gasteiger partial charge in [-0.3, -0.25) is 4.90 Å². The van der Waals surface area contributed by atoms with Gasteiger partial charge in [-0.25, -0.2) is 4.72 Å². The van der Waals surface area contributed by atoms with Gasteiger partial charge in [0.15, 0.2) is 0 Å². The maximum absolute atomic E-state index is 12.4. The molecule has 1 aromatic heterocycles. The molecule has 0 spiro atoms. The van der Waals surface area contributed by atoms with Crippen LogP contribution in [0, 0.1) is 6.92 Å². The maximum Gasteiger partial charge on any atom is 0.279 e. The predicted octanol–water partition coefficient (Wildman–Crippen LogP) is 1.14. The van der Waals surface area contributed by atoms with Gasteiger partial charge >= 0.3 is 0 Å². The molecule has 1 saturated heterocycles. The molecule has 0 aliphatic carbocycles. The molecule has 0 saturated carbocycles. The van der Waals surface area contributed by atoms with Gasteiger partial charge in [0, 0.05) is 32.7 Å². The third-order valence-electron chi connectivity index (χ3n) is 4.08. The molecule has 0 aromatic carbocycles. The van der Waals surface area contributed by atoms with E-state index in [1.165, 1.54) is 4.31 Å². The topological polar surface area (TPSA) is 75.0 Å². The van der Waals surface area contributed by atoms with Crippen LogP contribution in [0.2, 0.25) is 0 Å². The third kappa shape index (κ3) is 4.77. The minimum atomic E-state index is -3.47. The highest BCUT2D eigenvalue weighted by Crippen LogP contribution is 2.23. The fraction of sp³-hybridized carbons (Fsp3) is 0.733. The Kier molecular flexibility index (Phi) is 6.60. The first-order valence-electron chi connectivity index (χ1n) is 8.10. The van der Waals surface area contributed by atoms with E-state index in [-0.39, 0.29) is 12.6 Å². The molecule has 23 heavy (non-hydrogen) atoms. The zero-order chi connectivity index (χ0) is 16.9. The van der Waals surface area contributed by atoms with E-state index in [4.69, 9.17) is 9.15 Å². The Bertz CT molecular complexity index is 577. The second-order valence-corrected chi connectivity index (χ2v) is 7.31. The first-order chi connectivity index (χ1) is 11.0. The summed E-state index contributed by atoms with van der Waals surface area (Å²) in [5.74, 6) is 1.61. The van der Waals surface area contributed by atoms with Gasteiger partial charge in [0.2, 0.25) is 0 Å². The van der Waals surface area contributed by atoms with Crippen LogP contribution in [0.15, 0.2) is 16.5 Å². The minimum absolute atomic E-state index is 0.127. The Morgan fingerprint density at radius 2 is 1.91 bits per heavy atom. The van der Waals surface area contributed by atoms with E-state index in [2.05, 4.69) is 9.62 Å². The lowest BCUT2D eigenvalue weighted by Crippen LogP contribution is -2.47. The van der Waals surface area contributed by atoms with Crippen LogP contribution in [-0.2, 0) is 14.9 Å². The molecular weight excluding hydrogens is 318 g/mol. The van der Waals surface area contributed by atoms with Gasteiger partial charge in [-0.1, -0.05) is 13.8 Å². The van der Waals surface area contributed by atoms with Crippen molar-refractivity contribution in [1.29, 1.82) is 0 Å². The SMILES string of the molecule is CCN(CC)S(=O)(=O)NC[C@H](c1ccc(C)o1)N1CCOCC1. The van der Waals surface area contributed by atoms with Gasteiger partial charge in [-0.2, -0.15) is 12.7 Å². The summed E-state index contributed by atoms with van der Waals surface area (Å²) >= 11 is 0. The molecule has 1 aliphatic heterocycles. The monoisotopic (exact) mass is 345 g/mol. The van der Waals surface area contributed by atoms with Crippen molar-refractivity contribution in [3.05, 3.63) is 23.7 Å². The molecule has 2 heterocycles. The highest BCUT2D eigenvalue weighted by molar-refractivity contribution is 7.87. The summed E-state index contributed by atoms with van der Waals surface area (Å²) < 4.78 is 40.0. The molecule has 0 radical (unpaired) electrons. The van der Waals surface area contributed by atoms with E-state index in [0.717, 1.165) is 24.6 Å². The standard InChI is InChI=1S/C15H27N3O4S/c1-4-18(5-2)23(19,20)16-12-14(15-7-6-13(3)22-15)17-8-10-21-11-9-17/h6-7,14,16H,4-5,8-12H2,1-3H3/t14-/m1/s1. The number of furan rings is 1. The zero-order valence-electron chi connectivity index (χ0n) is 14.1. The molecule has 8 heteroatoms. The number of hydrogen-bond acceptors (Lipinski definition) is 5. The third-order valence-corrected chi connectivity index (χ3v) is 5.81. The molecule has 7 nitrogen and oxygen atoms in total. The zero-order valence-corrected chi connectivity index (χ0v) is 14.9. The normalized spacial score (nSPS) is 18.4. The largest absolute Gasteiger partial charge is 0.465 e. The molecule has 1 aromatic rings. The van der Waals surface area contributed by atoms with Crippen molar-refractivity contribution < 1.29 is 17.6 Å². The minimum Gasteiger partial charge on any atom is -0.465 e. The first kappa shape index (κ1) is 18.4. The van der Waals surface area contributed by atoms with E-state index in [9.17, 15) is 8.42 Å². The Hall–Kier alpha value is -0.930. The van der Waals surface area contributed by atoms with Gasteiger partial charge in [0.05, 0.1) is 19.3 Å². The second-order valence-electron chi connectivity index (χ2n) is 5.55. The van der Waals surface area contributed by atoms with Crippen LogP contribution >= 0.6 is 0 Å². The number of morpholine rings is 1. The fourth-order valence-electron chi connectivity index (χ4n) is 2.77. The molecule has 1 fully saturated rings. The lowest BCUT2D eigenvalue weighted by atomic mass is 10.2. The fourth-order valence-corrected chi connectivity index (χ4v) is 4.00. The van der Waals surface area contributed by atoms with E-state index in [1.807, 2.05) is 32.9 Å². The average molecular weight is 345 g/mol. The number of hydrogen-bond donors (Lipinski definition) is 1. The van der Waals surface area contributed by atoms with Crippen LogP contribution in [0.5, 0.6) is 0 Å². The van der Waals surface area contributed by atoms with Gasteiger partial charge in [0.25, 0.3) is 10.2 Å². The van der Waals surface area contributed by atoms with Crippen molar-refractivity contribution in [1.82, 2.24) is 13.9 Å². The Morgan fingerprint density at radius 3 is 2.43 bits per heavy atom. The van der Waals surface area contributed by atoms with E-state index in [0.29, 0.717) is 26.3 Å². The van der Waals surface area contributed by atoms with Crippen molar-refractivity contribution >= 4 is 10.2 Å². The van der Waals surface area contributed by atoms with Crippen LogP contribution in [0.25, 0.3) is 0 Å². The molecule has 1 N–H and O–H groups in total. The number of nitrogens with one attached hydrogen (secondary N) is 1. The molecule has 0 amide bonds.